The third-order valence-corrected chi connectivity index (χ3v) is 4.82. The molecule has 2 heterocycles. The van der Waals surface area contributed by atoms with Crippen LogP contribution in [0.2, 0.25) is 0 Å². The molecule has 0 fully saturated rings. The van der Waals surface area contributed by atoms with Crippen LogP contribution in [0.4, 0.5) is 5.69 Å². The first kappa shape index (κ1) is 14.8. The Morgan fingerprint density at radius 2 is 2.04 bits per heavy atom. The number of hydrogen-bond donors (Lipinski definition) is 1. The van der Waals surface area contributed by atoms with Crippen LogP contribution in [0, 0.1) is 0 Å². The highest BCUT2D eigenvalue weighted by Crippen LogP contribution is 2.33. The number of nitrogens with zero attached hydrogens (tertiary/aromatic N) is 1. The van der Waals surface area contributed by atoms with Gasteiger partial charge in [-0.25, -0.2) is 4.79 Å². The normalized spacial score (nSPS) is 17.0. The van der Waals surface area contributed by atoms with Crippen LogP contribution in [-0.4, -0.2) is 11.1 Å². The molecule has 4 rings (SSSR count). The van der Waals surface area contributed by atoms with E-state index < -0.39 is 0 Å². The van der Waals surface area contributed by atoms with E-state index in [9.17, 15) is 9.90 Å². The molecule has 0 amide bonds. The summed E-state index contributed by atoms with van der Waals surface area (Å²) in [6, 6.07) is 15.3. The van der Waals surface area contributed by atoms with Gasteiger partial charge in [0.25, 0.3) is 0 Å². The third kappa shape index (κ3) is 2.54. The molecule has 1 aliphatic rings. The fraction of sp³-hybridized carbons (Fsp3) is 0.250. The summed E-state index contributed by atoms with van der Waals surface area (Å²) < 4.78 is 5.23. The van der Waals surface area contributed by atoms with Crippen LogP contribution in [0.15, 0.2) is 57.7 Å². The zero-order valence-corrected chi connectivity index (χ0v) is 13.5. The minimum Gasteiger partial charge on any atom is -0.508 e. The van der Waals surface area contributed by atoms with E-state index in [1.807, 2.05) is 6.07 Å². The van der Waals surface area contributed by atoms with E-state index in [0.717, 1.165) is 23.8 Å². The minimum absolute atomic E-state index is 0.0967. The first-order chi connectivity index (χ1) is 11.6. The second-order valence-corrected chi connectivity index (χ2v) is 6.42. The molecule has 0 radical (unpaired) electrons. The van der Waals surface area contributed by atoms with E-state index in [4.69, 9.17) is 4.42 Å². The molecule has 0 spiro atoms. The lowest BCUT2D eigenvalue weighted by Gasteiger charge is -2.37. The van der Waals surface area contributed by atoms with Crippen LogP contribution in [0.3, 0.4) is 0 Å². The molecule has 0 aliphatic carbocycles. The summed E-state index contributed by atoms with van der Waals surface area (Å²) in [5, 5.41) is 10.5. The number of hydrogen-bond acceptors (Lipinski definition) is 4. The van der Waals surface area contributed by atoms with Gasteiger partial charge in [-0.15, -0.1) is 0 Å². The number of phenols is 1. The topological polar surface area (TPSA) is 53.7 Å². The van der Waals surface area contributed by atoms with Gasteiger partial charge < -0.3 is 14.4 Å². The van der Waals surface area contributed by atoms with Gasteiger partial charge in [0.1, 0.15) is 11.3 Å². The molecule has 1 aliphatic heterocycles. The number of benzene rings is 2. The molecule has 0 unspecified atom stereocenters. The first-order valence-electron chi connectivity index (χ1n) is 8.22. The van der Waals surface area contributed by atoms with Crippen molar-refractivity contribution in [3.05, 3.63) is 70.1 Å². The zero-order valence-electron chi connectivity index (χ0n) is 13.5. The minimum atomic E-state index is -0.388. The van der Waals surface area contributed by atoms with Gasteiger partial charge in [0, 0.05) is 35.8 Å². The summed E-state index contributed by atoms with van der Waals surface area (Å²) in [5.41, 5.74) is 3.54. The fourth-order valence-corrected chi connectivity index (χ4v) is 3.53. The average Bonchev–Trinajstić information content (AvgIpc) is 2.57. The highest BCUT2D eigenvalue weighted by atomic mass is 16.4. The SMILES string of the molecule is C[C@@H]1CCc2ccccc2N1Cc1cc(=O)oc2cc(O)ccc12. The van der Waals surface area contributed by atoms with Crippen LogP contribution in [-0.2, 0) is 13.0 Å². The van der Waals surface area contributed by atoms with Crippen molar-refractivity contribution < 1.29 is 9.52 Å². The number of rotatable bonds is 2. The third-order valence-electron chi connectivity index (χ3n) is 4.82. The molecule has 3 aromatic rings. The average molecular weight is 321 g/mol. The predicted octanol–water partition coefficient (Wildman–Crippen LogP) is 3.84. The van der Waals surface area contributed by atoms with Gasteiger partial charge in [0.05, 0.1) is 0 Å². The van der Waals surface area contributed by atoms with Gasteiger partial charge in [0.2, 0.25) is 0 Å². The van der Waals surface area contributed by atoms with Crippen molar-refractivity contribution in [3.8, 4) is 5.75 Å². The van der Waals surface area contributed by atoms with Crippen LogP contribution < -0.4 is 10.5 Å². The molecule has 2 aromatic carbocycles. The van der Waals surface area contributed by atoms with E-state index in [1.54, 1.807) is 12.1 Å². The summed E-state index contributed by atoms with van der Waals surface area (Å²) in [7, 11) is 0. The zero-order chi connectivity index (χ0) is 16.7. The Labute approximate surface area is 140 Å². The molecule has 122 valence electrons. The smallest absolute Gasteiger partial charge is 0.336 e. The number of aryl methyl sites for hydroxylation is 1. The summed E-state index contributed by atoms with van der Waals surface area (Å²) in [5.74, 6) is 0.0967. The second kappa shape index (κ2) is 5.71. The highest BCUT2D eigenvalue weighted by molar-refractivity contribution is 5.82. The van der Waals surface area contributed by atoms with Gasteiger partial charge >= 0.3 is 5.63 Å². The Morgan fingerprint density at radius 3 is 2.92 bits per heavy atom. The molecule has 1 atom stereocenters. The van der Waals surface area contributed by atoms with Crippen molar-refractivity contribution in [2.24, 2.45) is 0 Å². The van der Waals surface area contributed by atoms with Crippen molar-refractivity contribution in [3.63, 3.8) is 0 Å². The lowest BCUT2D eigenvalue weighted by atomic mass is 9.95. The van der Waals surface area contributed by atoms with Gasteiger partial charge in [-0.1, -0.05) is 18.2 Å². The van der Waals surface area contributed by atoms with Crippen LogP contribution in [0.5, 0.6) is 5.75 Å². The first-order valence-corrected chi connectivity index (χ1v) is 8.22. The molecule has 4 heteroatoms. The summed E-state index contributed by atoms with van der Waals surface area (Å²) in [4.78, 5) is 14.3. The van der Waals surface area contributed by atoms with E-state index in [2.05, 4.69) is 36.1 Å². The summed E-state index contributed by atoms with van der Waals surface area (Å²) in [6.07, 6.45) is 2.18. The number of para-hydroxylation sites is 1. The molecule has 0 saturated heterocycles. The number of anilines is 1. The lowest BCUT2D eigenvalue weighted by Crippen LogP contribution is -2.36. The molecular formula is C20H19NO3. The molecule has 1 aromatic heterocycles. The van der Waals surface area contributed by atoms with Gasteiger partial charge in [-0.2, -0.15) is 0 Å². The van der Waals surface area contributed by atoms with Crippen molar-refractivity contribution in [2.75, 3.05) is 4.90 Å². The lowest BCUT2D eigenvalue weighted by molar-refractivity contribution is 0.473. The van der Waals surface area contributed by atoms with Gasteiger partial charge in [-0.3, -0.25) is 0 Å². The quantitative estimate of drug-likeness (QED) is 0.729. The van der Waals surface area contributed by atoms with Crippen molar-refractivity contribution >= 4 is 16.7 Å². The number of fused-ring (bicyclic) bond motifs is 2. The van der Waals surface area contributed by atoms with E-state index in [0.29, 0.717) is 18.2 Å². The number of phenolic OH excluding ortho intramolecular Hbond substituents is 1. The predicted molar refractivity (Wildman–Crippen MR) is 94.6 cm³/mol. The Hall–Kier alpha value is -2.75. The van der Waals surface area contributed by atoms with Crippen LogP contribution in [0.1, 0.15) is 24.5 Å². The second-order valence-electron chi connectivity index (χ2n) is 6.42. The summed E-state index contributed by atoms with van der Waals surface area (Å²) in [6.45, 7) is 2.86. The Kier molecular flexibility index (Phi) is 3.53. The van der Waals surface area contributed by atoms with Gasteiger partial charge in [0.15, 0.2) is 0 Å². The Morgan fingerprint density at radius 1 is 1.21 bits per heavy atom. The van der Waals surface area contributed by atoms with E-state index >= 15 is 0 Å². The summed E-state index contributed by atoms with van der Waals surface area (Å²) >= 11 is 0. The maximum Gasteiger partial charge on any atom is 0.336 e. The van der Waals surface area contributed by atoms with Crippen LogP contribution in [0.25, 0.3) is 11.0 Å². The Balaban J connectivity index is 1.81. The van der Waals surface area contributed by atoms with E-state index in [-0.39, 0.29) is 11.4 Å². The Bertz CT molecular complexity index is 961. The molecule has 24 heavy (non-hydrogen) atoms. The van der Waals surface area contributed by atoms with E-state index in [1.165, 1.54) is 17.3 Å². The van der Waals surface area contributed by atoms with Crippen molar-refractivity contribution in [1.29, 1.82) is 0 Å². The maximum absolute atomic E-state index is 11.9. The highest BCUT2D eigenvalue weighted by Gasteiger charge is 2.23. The molecule has 0 bridgehead atoms. The van der Waals surface area contributed by atoms with Crippen LogP contribution >= 0.6 is 0 Å². The largest absolute Gasteiger partial charge is 0.508 e. The number of aromatic hydroxyl groups is 1. The molecule has 0 saturated carbocycles. The molecule has 1 N–H and O–H groups in total. The molecular weight excluding hydrogens is 302 g/mol. The monoisotopic (exact) mass is 321 g/mol. The molecule has 4 nitrogen and oxygen atoms in total. The van der Waals surface area contributed by atoms with Crippen molar-refractivity contribution in [2.45, 2.75) is 32.4 Å². The van der Waals surface area contributed by atoms with Gasteiger partial charge in [-0.05, 0) is 49.1 Å². The maximum atomic E-state index is 11.9. The fourth-order valence-electron chi connectivity index (χ4n) is 3.53. The van der Waals surface area contributed by atoms with Crippen molar-refractivity contribution in [1.82, 2.24) is 0 Å². The standard InChI is InChI=1S/C20H19NO3/c1-13-6-7-14-4-2-3-5-18(14)21(13)12-15-10-20(23)24-19-11-16(22)8-9-17(15)19/h2-5,8-11,13,22H,6-7,12H2,1H3/t13-/m1/s1.